The number of hydrogen-bond donors (Lipinski definition) is 0. The van der Waals surface area contributed by atoms with Gasteiger partial charge in [-0.25, -0.2) is 17.2 Å². The summed E-state index contributed by atoms with van der Waals surface area (Å²) in [6, 6.07) is 9.96. The zero-order valence-electron chi connectivity index (χ0n) is 17.1. The van der Waals surface area contributed by atoms with Crippen molar-refractivity contribution in [1.29, 1.82) is 0 Å². The lowest BCUT2D eigenvalue weighted by Crippen LogP contribution is -2.51. The van der Waals surface area contributed by atoms with E-state index in [9.17, 15) is 26.8 Å². The minimum atomic E-state index is -4.36. The molecule has 4 rings (SSSR count). The maximum Gasteiger partial charge on any atom is 0.258 e. The van der Waals surface area contributed by atoms with E-state index >= 15 is 0 Å². The molecule has 168 valence electrons. The largest absolute Gasteiger partial charge is 0.340 e. The molecule has 0 bridgehead atoms. The summed E-state index contributed by atoms with van der Waals surface area (Å²) in [7, 11) is -4.36. The van der Waals surface area contributed by atoms with Crippen molar-refractivity contribution in [3.63, 3.8) is 0 Å². The molecule has 7 nitrogen and oxygen atoms in total. The van der Waals surface area contributed by atoms with E-state index in [0.717, 1.165) is 28.1 Å². The van der Waals surface area contributed by atoms with Crippen molar-refractivity contribution in [2.75, 3.05) is 32.7 Å². The van der Waals surface area contributed by atoms with Crippen LogP contribution in [0.15, 0.2) is 53.9 Å². The SMILES string of the molecule is C=C1c2ccccc2C(=O)N1CCC(=O)N1CCN(S(=O)(=O)c2c(F)cccc2F)CC1. The first-order chi connectivity index (χ1) is 15.2. The molecule has 1 fully saturated rings. The molecule has 0 aromatic heterocycles. The van der Waals surface area contributed by atoms with Crippen LogP contribution in [0.1, 0.15) is 22.3 Å². The molecule has 2 amide bonds. The Morgan fingerprint density at radius 3 is 2.12 bits per heavy atom. The molecule has 0 spiro atoms. The molecule has 1 saturated heterocycles. The van der Waals surface area contributed by atoms with E-state index in [1.165, 1.54) is 9.80 Å². The first-order valence-corrected chi connectivity index (χ1v) is 11.5. The van der Waals surface area contributed by atoms with Crippen LogP contribution in [0.4, 0.5) is 8.78 Å². The van der Waals surface area contributed by atoms with Crippen molar-refractivity contribution in [3.05, 3.63) is 71.8 Å². The van der Waals surface area contributed by atoms with E-state index in [1.54, 1.807) is 18.2 Å². The number of amides is 2. The molecule has 0 aliphatic carbocycles. The highest BCUT2D eigenvalue weighted by molar-refractivity contribution is 7.89. The van der Waals surface area contributed by atoms with Crippen molar-refractivity contribution >= 4 is 27.5 Å². The second kappa shape index (κ2) is 8.44. The van der Waals surface area contributed by atoms with Crippen molar-refractivity contribution in [3.8, 4) is 0 Å². The summed E-state index contributed by atoms with van der Waals surface area (Å²) in [4.78, 5) is 27.2. The molecular weight excluding hydrogens is 440 g/mol. The molecule has 2 aliphatic rings. The predicted octanol–water partition coefficient (Wildman–Crippen LogP) is 2.31. The van der Waals surface area contributed by atoms with E-state index in [0.29, 0.717) is 11.3 Å². The van der Waals surface area contributed by atoms with E-state index in [4.69, 9.17) is 0 Å². The van der Waals surface area contributed by atoms with Gasteiger partial charge in [-0.15, -0.1) is 0 Å². The molecule has 2 heterocycles. The smallest absolute Gasteiger partial charge is 0.258 e. The minimum Gasteiger partial charge on any atom is -0.340 e. The number of hydrogen-bond acceptors (Lipinski definition) is 4. The van der Waals surface area contributed by atoms with Gasteiger partial charge in [0.25, 0.3) is 5.91 Å². The standard InChI is InChI=1S/C22H21F2N3O4S/c1-15-16-5-2-3-6-17(16)22(29)27(15)10-9-20(28)25-11-13-26(14-12-25)32(30,31)21-18(23)7-4-8-19(21)24/h2-8H,1,9-14H2. The summed E-state index contributed by atoms with van der Waals surface area (Å²) in [5, 5.41) is 0. The van der Waals surface area contributed by atoms with Crippen LogP contribution in [0.3, 0.4) is 0 Å². The van der Waals surface area contributed by atoms with E-state index in [-0.39, 0.29) is 51.0 Å². The fourth-order valence-electron chi connectivity index (χ4n) is 3.97. The Kier molecular flexibility index (Phi) is 5.83. The highest BCUT2D eigenvalue weighted by Crippen LogP contribution is 2.31. The fourth-order valence-corrected chi connectivity index (χ4v) is 5.50. The van der Waals surface area contributed by atoms with Gasteiger partial charge in [0.05, 0.1) is 0 Å². The summed E-state index contributed by atoms with van der Waals surface area (Å²) < 4.78 is 54.3. The summed E-state index contributed by atoms with van der Waals surface area (Å²) in [5.74, 6) is -2.75. The predicted molar refractivity (Wildman–Crippen MR) is 113 cm³/mol. The third-order valence-electron chi connectivity index (χ3n) is 5.70. The summed E-state index contributed by atoms with van der Waals surface area (Å²) >= 11 is 0. The Hall–Kier alpha value is -3.11. The molecule has 2 aliphatic heterocycles. The van der Waals surface area contributed by atoms with Crippen LogP contribution in [-0.4, -0.2) is 67.1 Å². The summed E-state index contributed by atoms with van der Waals surface area (Å²) in [6.07, 6.45) is 0.0490. The van der Waals surface area contributed by atoms with Gasteiger partial charge in [-0.05, 0) is 18.2 Å². The second-order valence-corrected chi connectivity index (χ2v) is 9.41. The van der Waals surface area contributed by atoms with Gasteiger partial charge < -0.3 is 9.80 Å². The van der Waals surface area contributed by atoms with Gasteiger partial charge in [-0.1, -0.05) is 30.8 Å². The van der Waals surface area contributed by atoms with Gasteiger partial charge in [-0.3, -0.25) is 9.59 Å². The zero-order valence-corrected chi connectivity index (χ0v) is 17.9. The number of carbonyl (C=O) groups excluding carboxylic acids is 2. The number of nitrogens with zero attached hydrogens (tertiary/aromatic N) is 3. The second-order valence-electron chi connectivity index (χ2n) is 7.53. The molecule has 0 radical (unpaired) electrons. The number of halogens is 2. The molecule has 0 atom stereocenters. The van der Waals surface area contributed by atoms with Crippen LogP contribution in [0.5, 0.6) is 0 Å². The van der Waals surface area contributed by atoms with Crippen molar-refractivity contribution < 1.29 is 26.8 Å². The van der Waals surface area contributed by atoms with Crippen LogP contribution < -0.4 is 0 Å². The summed E-state index contributed by atoms with van der Waals surface area (Å²) in [6.45, 7) is 4.11. The molecule has 0 saturated carbocycles. The van der Waals surface area contributed by atoms with Gasteiger partial charge in [0.15, 0.2) is 4.90 Å². The van der Waals surface area contributed by atoms with E-state index in [2.05, 4.69) is 6.58 Å². The molecule has 0 unspecified atom stereocenters. The van der Waals surface area contributed by atoms with Gasteiger partial charge in [0, 0.05) is 56.0 Å². The van der Waals surface area contributed by atoms with Gasteiger partial charge in [0.2, 0.25) is 15.9 Å². The maximum absolute atomic E-state index is 14.0. The van der Waals surface area contributed by atoms with Crippen molar-refractivity contribution in [2.24, 2.45) is 0 Å². The molecule has 2 aromatic carbocycles. The number of carbonyl (C=O) groups is 2. The third kappa shape index (κ3) is 3.80. The molecule has 0 N–H and O–H groups in total. The van der Waals surface area contributed by atoms with E-state index < -0.39 is 26.6 Å². The van der Waals surface area contributed by atoms with E-state index in [1.807, 2.05) is 6.07 Å². The average molecular weight is 461 g/mol. The molecule has 10 heteroatoms. The molecule has 2 aromatic rings. The number of piperazine rings is 1. The third-order valence-corrected chi connectivity index (χ3v) is 7.65. The number of rotatable bonds is 5. The Morgan fingerprint density at radius 1 is 0.938 bits per heavy atom. The number of benzene rings is 2. The first kappa shape index (κ1) is 22.1. The lowest BCUT2D eigenvalue weighted by atomic mass is 10.1. The zero-order chi connectivity index (χ0) is 23.0. The maximum atomic E-state index is 14.0. The van der Waals surface area contributed by atoms with Gasteiger partial charge in [-0.2, -0.15) is 4.31 Å². The highest BCUT2D eigenvalue weighted by atomic mass is 32.2. The Labute approximate surface area is 184 Å². The summed E-state index contributed by atoms with van der Waals surface area (Å²) in [5.41, 5.74) is 1.83. The first-order valence-electron chi connectivity index (χ1n) is 10.0. The van der Waals surface area contributed by atoms with Crippen LogP contribution >= 0.6 is 0 Å². The van der Waals surface area contributed by atoms with Crippen LogP contribution in [-0.2, 0) is 14.8 Å². The van der Waals surface area contributed by atoms with Gasteiger partial charge >= 0.3 is 0 Å². The van der Waals surface area contributed by atoms with Gasteiger partial charge in [0.1, 0.15) is 11.6 Å². The van der Waals surface area contributed by atoms with Crippen LogP contribution in [0.2, 0.25) is 0 Å². The Balaban J connectivity index is 1.35. The quantitative estimate of drug-likeness (QED) is 0.685. The average Bonchev–Trinajstić information content (AvgIpc) is 3.02. The molecular formula is C22H21F2N3O4S. The minimum absolute atomic E-state index is 0.0490. The van der Waals surface area contributed by atoms with Crippen LogP contribution in [0, 0.1) is 11.6 Å². The Bertz CT molecular complexity index is 1150. The monoisotopic (exact) mass is 461 g/mol. The fraction of sp³-hybridized carbons (Fsp3) is 0.273. The number of fused-ring (bicyclic) bond motifs is 1. The normalized spacial score (nSPS) is 17.1. The van der Waals surface area contributed by atoms with Crippen molar-refractivity contribution in [2.45, 2.75) is 11.3 Å². The van der Waals surface area contributed by atoms with Crippen LogP contribution in [0.25, 0.3) is 5.70 Å². The van der Waals surface area contributed by atoms with Crippen molar-refractivity contribution in [1.82, 2.24) is 14.1 Å². The topological polar surface area (TPSA) is 78.0 Å². The Morgan fingerprint density at radius 2 is 1.53 bits per heavy atom. The molecule has 32 heavy (non-hydrogen) atoms. The lowest BCUT2D eigenvalue weighted by Gasteiger charge is -2.34. The number of sulfonamides is 1. The lowest BCUT2D eigenvalue weighted by molar-refractivity contribution is -0.132. The highest BCUT2D eigenvalue weighted by Gasteiger charge is 2.35.